The second-order valence-corrected chi connectivity index (χ2v) is 5.00. The quantitative estimate of drug-likeness (QED) is 0.916. The van der Waals surface area contributed by atoms with Crippen LogP contribution in [0.15, 0.2) is 4.47 Å². The minimum Gasteiger partial charge on any atom is -0.390 e. The van der Waals surface area contributed by atoms with E-state index in [9.17, 15) is 5.11 Å². The smallest absolute Gasteiger partial charge is 0.0766 e. The van der Waals surface area contributed by atoms with E-state index < -0.39 is 5.60 Å². The van der Waals surface area contributed by atoms with Gasteiger partial charge in [0.2, 0.25) is 0 Å². The fraction of sp³-hybridized carbons (Fsp3) is 0.727. The molecule has 0 amide bonds. The highest BCUT2D eigenvalue weighted by atomic mass is 79.9. The van der Waals surface area contributed by atoms with E-state index in [2.05, 4.69) is 28.0 Å². The largest absolute Gasteiger partial charge is 0.390 e. The van der Waals surface area contributed by atoms with E-state index in [1.807, 2.05) is 25.6 Å². The van der Waals surface area contributed by atoms with E-state index in [1.54, 1.807) is 0 Å². The van der Waals surface area contributed by atoms with Gasteiger partial charge in [-0.25, -0.2) is 0 Å². The Balaban J connectivity index is 2.99. The third-order valence-electron chi connectivity index (χ3n) is 2.81. The van der Waals surface area contributed by atoms with Gasteiger partial charge < -0.3 is 5.11 Å². The van der Waals surface area contributed by atoms with Crippen LogP contribution in [0.5, 0.6) is 0 Å². The molecular formula is C11H19BrN2O. The molecule has 0 aliphatic heterocycles. The van der Waals surface area contributed by atoms with Crippen molar-refractivity contribution in [1.29, 1.82) is 0 Å². The van der Waals surface area contributed by atoms with Crippen LogP contribution in [-0.2, 0) is 19.9 Å². The average Bonchev–Trinajstić information content (AvgIpc) is 2.45. The Labute approximate surface area is 99.6 Å². The lowest BCUT2D eigenvalue weighted by atomic mass is 9.97. The summed E-state index contributed by atoms with van der Waals surface area (Å²) >= 11 is 3.55. The molecule has 0 saturated carbocycles. The number of rotatable bonds is 4. The first-order valence-electron chi connectivity index (χ1n) is 5.34. The molecule has 0 aliphatic rings. The Morgan fingerprint density at radius 1 is 1.47 bits per heavy atom. The normalized spacial score (nSPS) is 15.3. The lowest BCUT2D eigenvalue weighted by Crippen LogP contribution is -2.27. The summed E-state index contributed by atoms with van der Waals surface area (Å²) in [4.78, 5) is 0. The van der Waals surface area contributed by atoms with Crippen molar-refractivity contribution in [3.8, 4) is 0 Å². The van der Waals surface area contributed by atoms with Crippen molar-refractivity contribution in [2.45, 2.75) is 45.6 Å². The molecule has 1 atom stereocenters. The molecule has 0 spiro atoms. The predicted octanol–water partition coefficient (Wildman–Crippen LogP) is 2.45. The molecule has 1 N–H and O–H groups in total. The maximum absolute atomic E-state index is 10.0. The van der Waals surface area contributed by atoms with Gasteiger partial charge in [-0.05, 0) is 35.7 Å². The number of hydrogen-bond acceptors (Lipinski definition) is 2. The molecule has 0 saturated heterocycles. The van der Waals surface area contributed by atoms with Gasteiger partial charge in [0.25, 0.3) is 0 Å². The SMILES string of the molecule is CCc1nn(C)c(CC(C)(O)CC)c1Br. The zero-order valence-electron chi connectivity index (χ0n) is 9.84. The highest BCUT2D eigenvalue weighted by molar-refractivity contribution is 9.10. The first kappa shape index (κ1) is 12.7. The van der Waals surface area contributed by atoms with Crippen LogP contribution in [0.3, 0.4) is 0 Å². The summed E-state index contributed by atoms with van der Waals surface area (Å²) in [7, 11) is 1.92. The molecule has 1 heterocycles. The van der Waals surface area contributed by atoms with Crippen LogP contribution in [0, 0.1) is 0 Å². The molecule has 0 fully saturated rings. The summed E-state index contributed by atoms with van der Waals surface area (Å²) in [6, 6.07) is 0. The van der Waals surface area contributed by atoms with Crippen LogP contribution in [0.1, 0.15) is 38.6 Å². The van der Waals surface area contributed by atoms with Gasteiger partial charge >= 0.3 is 0 Å². The number of nitrogens with zero attached hydrogens (tertiary/aromatic N) is 2. The Morgan fingerprint density at radius 2 is 2.07 bits per heavy atom. The molecule has 4 heteroatoms. The maximum atomic E-state index is 10.0. The van der Waals surface area contributed by atoms with E-state index in [-0.39, 0.29) is 0 Å². The Bertz CT molecular complexity index is 345. The van der Waals surface area contributed by atoms with Gasteiger partial charge in [-0.15, -0.1) is 0 Å². The van der Waals surface area contributed by atoms with Gasteiger partial charge in [0.1, 0.15) is 0 Å². The molecule has 86 valence electrons. The molecule has 0 aliphatic carbocycles. The monoisotopic (exact) mass is 274 g/mol. The average molecular weight is 275 g/mol. The molecule has 0 bridgehead atoms. The zero-order valence-corrected chi connectivity index (χ0v) is 11.4. The van der Waals surface area contributed by atoms with Gasteiger partial charge in [0, 0.05) is 13.5 Å². The van der Waals surface area contributed by atoms with Crippen LogP contribution in [0.2, 0.25) is 0 Å². The van der Waals surface area contributed by atoms with Gasteiger partial charge in [-0.1, -0.05) is 13.8 Å². The number of aryl methyl sites for hydroxylation is 2. The Morgan fingerprint density at radius 3 is 2.47 bits per heavy atom. The summed E-state index contributed by atoms with van der Waals surface area (Å²) in [5.41, 5.74) is 1.47. The fourth-order valence-electron chi connectivity index (χ4n) is 1.50. The number of aromatic nitrogens is 2. The first-order valence-corrected chi connectivity index (χ1v) is 6.13. The lowest BCUT2D eigenvalue weighted by molar-refractivity contribution is 0.0543. The van der Waals surface area contributed by atoms with E-state index in [4.69, 9.17) is 0 Å². The van der Waals surface area contributed by atoms with Crippen molar-refractivity contribution in [2.24, 2.45) is 7.05 Å². The van der Waals surface area contributed by atoms with Gasteiger partial charge in [-0.3, -0.25) is 4.68 Å². The van der Waals surface area contributed by atoms with Crippen molar-refractivity contribution in [3.05, 3.63) is 15.9 Å². The second-order valence-electron chi connectivity index (χ2n) is 4.21. The molecule has 0 radical (unpaired) electrons. The molecule has 1 aromatic rings. The molecule has 1 rings (SSSR count). The van der Waals surface area contributed by atoms with Crippen LogP contribution in [0.4, 0.5) is 0 Å². The van der Waals surface area contributed by atoms with Crippen molar-refractivity contribution in [1.82, 2.24) is 9.78 Å². The lowest BCUT2D eigenvalue weighted by Gasteiger charge is -2.21. The summed E-state index contributed by atoms with van der Waals surface area (Å²) in [6.07, 6.45) is 2.28. The molecule has 3 nitrogen and oxygen atoms in total. The predicted molar refractivity (Wildman–Crippen MR) is 64.9 cm³/mol. The van der Waals surface area contributed by atoms with Crippen molar-refractivity contribution in [2.75, 3.05) is 0 Å². The zero-order chi connectivity index (χ0) is 11.6. The topological polar surface area (TPSA) is 38.0 Å². The van der Waals surface area contributed by atoms with Crippen LogP contribution in [-0.4, -0.2) is 20.5 Å². The Hall–Kier alpha value is -0.350. The molecule has 15 heavy (non-hydrogen) atoms. The fourth-order valence-corrected chi connectivity index (χ4v) is 2.25. The van der Waals surface area contributed by atoms with Crippen molar-refractivity contribution >= 4 is 15.9 Å². The summed E-state index contributed by atoms with van der Waals surface area (Å²) in [5, 5.41) is 14.5. The van der Waals surface area contributed by atoms with Gasteiger partial charge in [-0.2, -0.15) is 5.10 Å². The number of hydrogen-bond donors (Lipinski definition) is 1. The van der Waals surface area contributed by atoms with E-state index in [0.717, 1.165) is 28.7 Å². The van der Waals surface area contributed by atoms with Gasteiger partial charge in [0.05, 0.1) is 21.5 Å². The number of halogens is 1. The van der Waals surface area contributed by atoms with Crippen LogP contribution in [0.25, 0.3) is 0 Å². The summed E-state index contributed by atoms with van der Waals surface area (Å²) in [6.45, 7) is 5.93. The molecule has 1 unspecified atom stereocenters. The molecular weight excluding hydrogens is 256 g/mol. The van der Waals surface area contributed by atoms with Crippen molar-refractivity contribution < 1.29 is 5.11 Å². The third kappa shape index (κ3) is 2.82. The summed E-state index contributed by atoms with van der Waals surface area (Å²) in [5.74, 6) is 0. The molecule has 1 aromatic heterocycles. The van der Waals surface area contributed by atoms with Crippen LogP contribution >= 0.6 is 15.9 Å². The third-order valence-corrected chi connectivity index (χ3v) is 3.73. The highest BCUT2D eigenvalue weighted by Crippen LogP contribution is 2.26. The van der Waals surface area contributed by atoms with Crippen LogP contribution < -0.4 is 0 Å². The van der Waals surface area contributed by atoms with Gasteiger partial charge in [0.15, 0.2) is 0 Å². The standard InChI is InChI=1S/C11H19BrN2O/c1-5-8-10(12)9(14(4)13-8)7-11(3,15)6-2/h15H,5-7H2,1-4H3. The summed E-state index contributed by atoms with van der Waals surface area (Å²) < 4.78 is 2.90. The minimum atomic E-state index is -0.651. The minimum absolute atomic E-state index is 0.633. The first-order chi connectivity index (χ1) is 6.91. The highest BCUT2D eigenvalue weighted by Gasteiger charge is 2.23. The maximum Gasteiger partial charge on any atom is 0.0766 e. The molecule has 0 aromatic carbocycles. The van der Waals surface area contributed by atoms with E-state index >= 15 is 0 Å². The number of aliphatic hydroxyl groups is 1. The van der Waals surface area contributed by atoms with E-state index in [0.29, 0.717) is 6.42 Å². The van der Waals surface area contributed by atoms with E-state index in [1.165, 1.54) is 0 Å². The second kappa shape index (κ2) is 4.66. The Kier molecular flexibility index (Phi) is 3.95. The van der Waals surface area contributed by atoms with Crippen molar-refractivity contribution in [3.63, 3.8) is 0 Å².